The molecule has 0 spiro atoms. The predicted molar refractivity (Wildman–Crippen MR) is 108 cm³/mol. The number of fused-ring (bicyclic) bond motifs is 1. The van der Waals surface area contributed by atoms with Crippen molar-refractivity contribution in [2.75, 3.05) is 46.2 Å². The molecule has 1 aromatic carbocycles. The lowest BCUT2D eigenvalue weighted by Gasteiger charge is -2.19. The molecule has 1 unspecified atom stereocenters. The van der Waals surface area contributed by atoms with Crippen LogP contribution in [0.1, 0.15) is 6.42 Å². The SMILES string of the molecule is COc1ccc(-n2nnc3cnc(NC4CCN(C(=O)CN(C)C)C4)nc32)cc1. The lowest BCUT2D eigenvalue weighted by Crippen LogP contribution is -2.37. The van der Waals surface area contributed by atoms with Gasteiger partial charge >= 0.3 is 0 Å². The molecule has 0 saturated carbocycles. The van der Waals surface area contributed by atoms with Gasteiger partial charge in [0.1, 0.15) is 5.75 Å². The van der Waals surface area contributed by atoms with Crippen molar-refractivity contribution in [3.8, 4) is 11.4 Å². The van der Waals surface area contributed by atoms with Crippen LogP contribution in [-0.2, 0) is 4.79 Å². The Bertz CT molecular complexity index is 1000. The third kappa shape index (κ3) is 4.11. The van der Waals surface area contributed by atoms with Crippen molar-refractivity contribution in [3.63, 3.8) is 0 Å². The number of ether oxygens (including phenoxy) is 1. The molecule has 1 aliphatic rings. The number of amides is 1. The summed E-state index contributed by atoms with van der Waals surface area (Å²) in [6.45, 7) is 1.80. The summed E-state index contributed by atoms with van der Waals surface area (Å²) in [5.74, 6) is 1.41. The average Bonchev–Trinajstić information content (AvgIpc) is 3.34. The van der Waals surface area contributed by atoms with Crippen molar-refractivity contribution in [3.05, 3.63) is 30.5 Å². The summed E-state index contributed by atoms with van der Waals surface area (Å²) in [6, 6.07) is 7.63. The molecule has 1 atom stereocenters. The Morgan fingerprint density at radius 1 is 1.31 bits per heavy atom. The van der Waals surface area contributed by atoms with E-state index in [9.17, 15) is 4.79 Å². The van der Waals surface area contributed by atoms with E-state index in [1.54, 1.807) is 18.0 Å². The molecular weight excluding hydrogens is 372 g/mol. The summed E-state index contributed by atoms with van der Waals surface area (Å²) < 4.78 is 6.87. The molecule has 1 aliphatic heterocycles. The quantitative estimate of drug-likeness (QED) is 0.653. The number of hydrogen-bond donors (Lipinski definition) is 1. The van der Waals surface area contributed by atoms with E-state index in [-0.39, 0.29) is 11.9 Å². The highest BCUT2D eigenvalue weighted by Crippen LogP contribution is 2.19. The van der Waals surface area contributed by atoms with Crippen LogP contribution in [0, 0.1) is 0 Å². The Balaban J connectivity index is 1.50. The van der Waals surface area contributed by atoms with Crippen molar-refractivity contribution < 1.29 is 9.53 Å². The molecule has 152 valence electrons. The zero-order valence-corrected chi connectivity index (χ0v) is 16.7. The molecule has 0 radical (unpaired) electrons. The van der Waals surface area contributed by atoms with Crippen LogP contribution in [0.15, 0.2) is 30.5 Å². The Kier molecular flexibility index (Phi) is 5.26. The first kappa shape index (κ1) is 19.1. The van der Waals surface area contributed by atoms with Gasteiger partial charge in [-0.1, -0.05) is 5.21 Å². The maximum atomic E-state index is 12.2. The first-order valence-electron chi connectivity index (χ1n) is 9.45. The first-order chi connectivity index (χ1) is 14.0. The molecule has 1 amide bonds. The highest BCUT2D eigenvalue weighted by atomic mass is 16.5. The van der Waals surface area contributed by atoms with Crippen LogP contribution < -0.4 is 10.1 Å². The second-order valence-corrected chi connectivity index (χ2v) is 7.31. The van der Waals surface area contributed by atoms with Gasteiger partial charge < -0.3 is 19.9 Å². The van der Waals surface area contributed by atoms with Gasteiger partial charge in [0.15, 0.2) is 11.2 Å². The zero-order chi connectivity index (χ0) is 20.4. The minimum atomic E-state index is 0.115. The predicted octanol–water partition coefficient (Wildman–Crippen LogP) is 0.794. The maximum Gasteiger partial charge on any atom is 0.236 e. The van der Waals surface area contributed by atoms with E-state index in [0.29, 0.717) is 30.2 Å². The number of anilines is 1. The largest absolute Gasteiger partial charge is 0.497 e. The summed E-state index contributed by atoms with van der Waals surface area (Å²) in [5, 5.41) is 11.7. The van der Waals surface area contributed by atoms with Gasteiger partial charge in [0, 0.05) is 19.1 Å². The van der Waals surface area contributed by atoms with Gasteiger partial charge in [0.05, 0.1) is 25.5 Å². The number of rotatable bonds is 6. The molecule has 29 heavy (non-hydrogen) atoms. The summed E-state index contributed by atoms with van der Waals surface area (Å²) in [4.78, 5) is 25.0. The third-order valence-corrected chi connectivity index (χ3v) is 4.84. The van der Waals surface area contributed by atoms with Gasteiger partial charge in [0.2, 0.25) is 11.9 Å². The number of carbonyl (C=O) groups is 1. The molecule has 0 bridgehead atoms. The molecule has 1 fully saturated rings. The Morgan fingerprint density at radius 3 is 2.83 bits per heavy atom. The number of aromatic nitrogens is 5. The van der Waals surface area contributed by atoms with E-state index in [0.717, 1.165) is 24.4 Å². The molecule has 3 aromatic rings. The highest BCUT2D eigenvalue weighted by Gasteiger charge is 2.27. The second kappa shape index (κ2) is 8.00. The second-order valence-electron chi connectivity index (χ2n) is 7.31. The molecular formula is C19H24N8O2. The number of nitrogens with one attached hydrogen (secondary N) is 1. The smallest absolute Gasteiger partial charge is 0.236 e. The number of likely N-dealkylation sites (N-methyl/N-ethyl adjacent to an activating group) is 1. The van der Waals surface area contributed by atoms with Crippen molar-refractivity contribution in [2.45, 2.75) is 12.5 Å². The monoisotopic (exact) mass is 396 g/mol. The summed E-state index contributed by atoms with van der Waals surface area (Å²) in [7, 11) is 5.42. The van der Waals surface area contributed by atoms with Gasteiger partial charge in [-0.2, -0.15) is 9.67 Å². The first-order valence-corrected chi connectivity index (χ1v) is 9.45. The number of carbonyl (C=O) groups excluding carboxylic acids is 1. The normalized spacial score (nSPS) is 16.6. The number of likely N-dealkylation sites (tertiary alicyclic amines) is 1. The fraction of sp³-hybridized carbons (Fsp3) is 0.421. The van der Waals surface area contributed by atoms with Crippen LogP contribution in [0.4, 0.5) is 5.95 Å². The van der Waals surface area contributed by atoms with Gasteiger partial charge in [-0.05, 0) is 44.8 Å². The molecule has 10 heteroatoms. The van der Waals surface area contributed by atoms with Gasteiger partial charge in [-0.3, -0.25) is 4.79 Å². The highest BCUT2D eigenvalue weighted by molar-refractivity contribution is 5.78. The molecule has 10 nitrogen and oxygen atoms in total. The van der Waals surface area contributed by atoms with E-state index in [2.05, 4.69) is 25.6 Å². The number of nitrogens with zero attached hydrogens (tertiary/aromatic N) is 7. The standard InChI is InChI=1S/C19H24N8O2/c1-25(2)12-17(28)26-9-8-13(11-26)21-19-20-10-16-18(22-19)27(24-23-16)14-4-6-15(29-3)7-5-14/h4-7,10,13H,8-9,11-12H2,1-3H3,(H,20,21,22). The lowest BCUT2D eigenvalue weighted by atomic mass is 10.3. The van der Waals surface area contributed by atoms with Crippen LogP contribution in [0.2, 0.25) is 0 Å². The summed E-state index contributed by atoms with van der Waals surface area (Å²) in [6.07, 6.45) is 2.51. The molecule has 0 aliphatic carbocycles. The average molecular weight is 396 g/mol. The zero-order valence-electron chi connectivity index (χ0n) is 16.7. The van der Waals surface area contributed by atoms with Crippen LogP contribution >= 0.6 is 0 Å². The molecule has 3 heterocycles. The van der Waals surface area contributed by atoms with Gasteiger partial charge in [-0.15, -0.1) is 5.10 Å². The Labute approximate surface area is 168 Å². The van der Waals surface area contributed by atoms with Crippen molar-refractivity contribution in [2.24, 2.45) is 0 Å². The fourth-order valence-corrected chi connectivity index (χ4v) is 3.35. The van der Waals surface area contributed by atoms with Crippen LogP contribution in [0.3, 0.4) is 0 Å². The maximum absolute atomic E-state index is 12.2. The minimum Gasteiger partial charge on any atom is -0.497 e. The van der Waals surface area contributed by atoms with E-state index < -0.39 is 0 Å². The van der Waals surface area contributed by atoms with Crippen molar-refractivity contribution >= 4 is 23.0 Å². The van der Waals surface area contributed by atoms with E-state index in [1.807, 2.05) is 48.2 Å². The summed E-state index contributed by atoms with van der Waals surface area (Å²) in [5.41, 5.74) is 2.06. The van der Waals surface area contributed by atoms with Crippen LogP contribution in [0.5, 0.6) is 5.75 Å². The molecule has 2 aromatic heterocycles. The summed E-state index contributed by atoms with van der Waals surface area (Å²) >= 11 is 0. The van der Waals surface area contributed by atoms with Crippen LogP contribution in [0.25, 0.3) is 16.9 Å². The third-order valence-electron chi connectivity index (χ3n) is 4.84. The van der Waals surface area contributed by atoms with Crippen molar-refractivity contribution in [1.82, 2.24) is 34.8 Å². The Morgan fingerprint density at radius 2 is 2.10 bits per heavy atom. The van der Waals surface area contributed by atoms with Gasteiger partial charge in [-0.25, -0.2) is 4.98 Å². The van der Waals surface area contributed by atoms with Gasteiger partial charge in [0.25, 0.3) is 0 Å². The van der Waals surface area contributed by atoms with E-state index >= 15 is 0 Å². The number of methoxy groups -OCH3 is 1. The van der Waals surface area contributed by atoms with Crippen molar-refractivity contribution in [1.29, 1.82) is 0 Å². The molecule has 4 rings (SSSR count). The Hall–Kier alpha value is -3.27. The van der Waals surface area contributed by atoms with E-state index in [4.69, 9.17) is 4.74 Å². The van der Waals surface area contributed by atoms with E-state index in [1.165, 1.54) is 0 Å². The topological polar surface area (TPSA) is 101 Å². The minimum absolute atomic E-state index is 0.115. The number of benzene rings is 1. The lowest BCUT2D eigenvalue weighted by molar-refractivity contribution is -0.130. The molecule has 1 N–H and O–H groups in total. The van der Waals surface area contributed by atoms with Crippen LogP contribution in [-0.4, -0.2) is 87.6 Å². The number of hydrogen-bond acceptors (Lipinski definition) is 8. The fourth-order valence-electron chi connectivity index (χ4n) is 3.35. The molecule has 1 saturated heterocycles.